The van der Waals surface area contributed by atoms with Gasteiger partial charge in [-0.25, -0.2) is 0 Å². The van der Waals surface area contributed by atoms with Crippen molar-refractivity contribution in [3.63, 3.8) is 0 Å². The Hall–Kier alpha value is -0.320. The van der Waals surface area contributed by atoms with Gasteiger partial charge in [0.2, 0.25) is 0 Å². The van der Waals surface area contributed by atoms with Crippen LogP contribution in [0.25, 0.3) is 0 Å². The van der Waals surface area contributed by atoms with E-state index in [2.05, 4.69) is 10.2 Å². The molecular weight excluding hydrogens is 295 g/mol. The monoisotopic (exact) mass is 314 g/mol. The van der Waals surface area contributed by atoms with Crippen molar-refractivity contribution in [2.24, 2.45) is 0 Å². The van der Waals surface area contributed by atoms with Gasteiger partial charge >= 0.3 is 0 Å². The van der Waals surface area contributed by atoms with Gasteiger partial charge in [-0.15, -0.1) is 0 Å². The van der Waals surface area contributed by atoms with Crippen LogP contribution in [0.15, 0.2) is 18.2 Å². The van der Waals surface area contributed by atoms with Gasteiger partial charge in [0.1, 0.15) is 0 Å². The highest BCUT2D eigenvalue weighted by Gasteiger charge is 2.41. The minimum absolute atomic E-state index is 0.116. The normalized spacial score (nSPS) is 27.8. The molecule has 0 aromatic heterocycles. The van der Waals surface area contributed by atoms with Crippen LogP contribution in [0.1, 0.15) is 24.4 Å². The van der Waals surface area contributed by atoms with E-state index in [1.165, 1.54) is 12.8 Å². The second-order valence-corrected chi connectivity index (χ2v) is 6.39. The third-order valence-corrected chi connectivity index (χ3v) is 4.67. The van der Waals surface area contributed by atoms with Crippen LogP contribution in [0.2, 0.25) is 10.0 Å². The molecule has 1 saturated carbocycles. The number of ether oxygens (including phenoxy) is 1. The van der Waals surface area contributed by atoms with Gasteiger partial charge in [0.05, 0.1) is 18.8 Å². The van der Waals surface area contributed by atoms with E-state index >= 15 is 0 Å². The highest BCUT2D eigenvalue weighted by Crippen LogP contribution is 2.41. The first-order valence-corrected chi connectivity index (χ1v) is 7.93. The summed E-state index contributed by atoms with van der Waals surface area (Å²) >= 11 is 12.6. The van der Waals surface area contributed by atoms with Crippen molar-refractivity contribution in [1.29, 1.82) is 0 Å². The van der Waals surface area contributed by atoms with E-state index in [9.17, 15) is 0 Å². The molecule has 1 heterocycles. The minimum atomic E-state index is 0.116. The smallest absolute Gasteiger partial charge is 0.0897 e. The summed E-state index contributed by atoms with van der Waals surface area (Å²) in [6.45, 7) is 2.58. The Morgan fingerprint density at radius 2 is 2.15 bits per heavy atom. The average Bonchev–Trinajstić information content (AvgIpc) is 3.26. The molecule has 1 aromatic carbocycles. The maximum Gasteiger partial charge on any atom is 0.0897 e. The standard InChI is InChI=1S/C15H20Cl2N2O/c1-18-9-14-15(12-8-10(16)2-5-13(12)17)19(6-7-20-14)11-3-4-11/h2,5,8,11,14-15,18H,3-4,6-7,9H2,1H3. The van der Waals surface area contributed by atoms with E-state index in [1.807, 2.05) is 25.2 Å². The molecule has 2 atom stereocenters. The van der Waals surface area contributed by atoms with Crippen LogP contribution in [0.4, 0.5) is 0 Å². The maximum absolute atomic E-state index is 6.42. The first-order chi connectivity index (χ1) is 9.70. The van der Waals surface area contributed by atoms with Crippen molar-refractivity contribution < 1.29 is 4.74 Å². The van der Waals surface area contributed by atoms with Crippen LogP contribution < -0.4 is 5.32 Å². The van der Waals surface area contributed by atoms with Gasteiger partial charge in [0, 0.05) is 29.2 Å². The Bertz CT molecular complexity index is 477. The molecule has 1 aliphatic heterocycles. The summed E-state index contributed by atoms with van der Waals surface area (Å²) in [6, 6.07) is 6.58. The molecule has 0 spiro atoms. The number of nitrogens with zero attached hydrogens (tertiary/aromatic N) is 1. The van der Waals surface area contributed by atoms with E-state index in [1.54, 1.807) is 0 Å². The van der Waals surface area contributed by atoms with E-state index in [-0.39, 0.29) is 12.1 Å². The Labute approximate surface area is 130 Å². The predicted octanol–water partition coefficient (Wildman–Crippen LogP) is 3.12. The molecule has 1 saturated heterocycles. The van der Waals surface area contributed by atoms with Crippen LogP contribution in [0, 0.1) is 0 Å². The van der Waals surface area contributed by atoms with Crippen molar-refractivity contribution in [2.75, 3.05) is 26.7 Å². The van der Waals surface area contributed by atoms with Crippen LogP contribution in [-0.4, -0.2) is 43.8 Å². The molecule has 110 valence electrons. The zero-order chi connectivity index (χ0) is 14.1. The average molecular weight is 315 g/mol. The predicted molar refractivity (Wildman–Crippen MR) is 82.6 cm³/mol. The van der Waals surface area contributed by atoms with Crippen LogP contribution >= 0.6 is 23.2 Å². The number of likely N-dealkylation sites (N-methyl/N-ethyl adjacent to an activating group) is 1. The number of benzene rings is 1. The molecule has 1 aliphatic carbocycles. The SMILES string of the molecule is CNCC1OCCN(C2CC2)C1c1cc(Cl)ccc1Cl. The second-order valence-electron chi connectivity index (χ2n) is 5.55. The van der Waals surface area contributed by atoms with Crippen molar-refractivity contribution in [3.05, 3.63) is 33.8 Å². The molecule has 20 heavy (non-hydrogen) atoms. The number of hydrogen-bond donors (Lipinski definition) is 1. The van der Waals surface area contributed by atoms with Gasteiger partial charge in [0.25, 0.3) is 0 Å². The maximum atomic E-state index is 6.42. The summed E-state index contributed by atoms with van der Waals surface area (Å²) in [7, 11) is 1.95. The summed E-state index contributed by atoms with van der Waals surface area (Å²) in [4.78, 5) is 2.54. The number of nitrogens with one attached hydrogen (secondary N) is 1. The van der Waals surface area contributed by atoms with E-state index < -0.39 is 0 Å². The Morgan fingerprint density at radius 1 is 1.35 bits per heavy atom. The third-order valence-electron chi connectivity index (χ3n) is 4.09. The first kappa shape index (κ1) is 14.6. The molecule has 0 amide bonds. The highest BCUT2D eigenvalue weighted by atomic mass is 35.5. The van der Waals surface area contributed by atoms with Gasteiger partial charge in [-0.1, -0.05) is 23.2 Å². The van der Waals surface area contributed by atoms with Gasteiger partial charge < -0.3 is 10.1 Å². The molecule has 2 unspecified atom stereocenters. The lowest BCUT2D eigenvalue weighted by Gasteiger charge is -2.42. The van der Waals surface area contributed by atoms with Crippen LogP contribution in [0.3, 0.4) is 0 Å². The number of rotatable bonds is 4. The van der Waals surface area contributed by atoms with Crippen LogP contribution in [-0.2, 0) is 4.74 Å². The zero-order valence-electron chi connectivity index (χ0n) is 11.6. The van der Waals surface area contributed by atoms with Crippen molar-refractivity contribution in [3.8, 4) is 0 Å². The molecular formula is C15H20Cl2N2O. The lowest BCUT2D eigenvalue weighted by atomic mass is 9.97. The van der Waals surface area contributed by atoms with Crippen molar-refractivity contribution in [2.45, 2.75) is 31.0 Å². The summed E-state index contributed by atoms with van der Waals surface area (Å²) in [5.41, 5.74) is 1.09. The largest absolute Gasteiger partial charge is 0.374 e. The molecule has 1 N–H and O–H groups in total. The van der Waals surface area contributed by atoms with Gasteiger partial charge in [-0.3, -0.25) is 4.90 Å². The summed E-state index contributed by atoms with van der Waals surface area (Å²) < 4.78 is 5.98. The quantitative estimate of drug-likeness (QED) is 0.924. The molecule has 2 fully saturated rings. The first-order valence-electron chi connectivity index (χ1n) is 7.17. The van der Waals surface area contributed by atoms with Gasteiger partial charge in [0.15, 0.2) is 0 Å². The third kappa shape index (κ3) is 2.97. The lowest BCUT2D eigenvalue weighted by molar-refractivity contribution is -0.0739. The van der Waals surface area contributed by atoms with Crippen molar-refractivity contribution >= 4 is 23.2 Å². The summed E-state index contributed by atoms with van der Waals surface area (Å²) in [6.07, 6.45) is 2.67. The van der Waals surface area contributed by atoms with Crippen LogP contribution in [0.5, 0.6) is 0 Å². The number of halogens is 2. The summed E-state index contributed by atoms with van der Waals surface area (Å²) in [5, 5.41) is 4.73. The molecule has 3 rings (SSSR count). The fourth-order valence-corrected chi connectivity index (χ4v) is 3.47. The molecule has 0 bridgehead atoms. The zero-order valence-corrected chi connectivity index (χ0v) is 13.1. The Kier molecular flexibility index (Phi) is 4.53. The molecule has 5 heteroatoms. The highest BCUT2D eigenvalue weighted by molar-refractivity contribution is 6.33. The Morgan fingerprint density at radius 3 is 2.85 bits per heavy atom. The van der Waals surface area contributed by atoms with Gasteiger partial charge in [-0.2, -0.15) is 0 Å². The number of hydrogen-bond acceptors (Lipinski definition) is 3. The van der Waals surface area contributed by atoms with Crippen molar-refractivity contribution in [1.82, 2.24) is 10.2 Å². The molecule has 2 aliphatic rings. The summed E-state index contributed by atoms with van der Waals surface area (Å²) in [5.74, 6) is 0. The topological polar surface area (TPSA) is 24.5 Å². The fraction of sp³-hybridized carbons (Fsp3) is 0.600. The molecule has 1 aromatic rings. The second kappa shape index (κ2) is 6.20. The van der Waals surface area contributed by atoms with E-state index in [0.717, 1.165) is 35.3 Å². The number of morpholine rings is 1. The van der Waals surface area contributed by atoms with E-state index in [0.29, 0.717) is 6.04 Å². The fourth-order valence-electron chi connectivity index (χ4n) is 3.06. The minimum Gasteiger partial charge on any atom is -0.374 e. The lowest BCUT2D eigenvalue weighted by Crippen LogP contribution is -2.49. The van der Waals surface area contributed by atoms with E-state index in [4.69, 9.17) is 27.9 Å². The Balaban J connectivity index is 1.95. The van der Waals surface area contributed by atoms with Gasteiger partial charge in [-0.05, 0) is 43.7 Å². The molecule has 0 radical (unpaired) electrons. The molecule has 3 nitrogen and oxygen atoms in total.